The molecule has 1 saturated heterocycles. The predicted molar refractivity (Wildman–Crippen MR) is 67.1 cm³/mol. The van der Waals surface area contributed by atoms with Crippen LogP contribution in [0.5, 0.6) is 0 Å². The summed E-state index contributed by atoms with van der Waals surface area (Å²) in [4.78, 5) is 12.7. The number of rotatable bonds is 3. The Labute approximate surface area is 100 Å². The SMILES string of the molecule is NCC1CCCN(c2ccccc2[N+](=O)[O-])C1. The maximum absolute atomic E-state index is 11.0. The van der Waals surface area contributed by atoms with Crippen LogP contribution < -0.4 is 10.6 Å². The lowest BCUT2D eigenvalue weighted by Crippen LogP contribution is -2.38. The van der Waals surface area contributed by atoms with Gasteiger partial charge in [0, 0.05) is 19.2 Å². The van der Waals surface area contributed by atoms with Crippen LogP contribution in [0.25, 0.3) is 0 Å². The number of piperidine rings is 1. The average molecular weight is 235 g/mol. The number of nitro groups is 1. The Hall–Kier alpha value is -1.62. The summed E-state index contributed by atoms with van der Waals surface area (Å²) in [5.74, 6) is 0.448. The van der Waals surface area contributed by atoms with Gasteiger partial charge in [0.15, 0.2) is 0 Å². The molecule has 0 saturated carbocycles. The van der Waals surface area contributed by atoms with Gasteiger partial charge in [-0.3, -0.25) is 10.1 Å². The number of hydrogen-bond donors (Lipinski definition) is 1. The summed E-state index contributed by atoms with van der Waals surface area (Å²) in [5, 5.41) is 11.0. The molecule has 0 spiro atoms. The smallest absolute Gasteiger partial charge is 0.292 e. The van der Waals surface area contributed by atoms with Crippen LogP contribution in [0.1, 0.15) is 12.8 Å². The van der Waals surface area contributed by atoms with Crippen LogP contribution in [0.2, 0.25) is 0 Å². The Morgan fingerprint density at radius 1 is 1.47 bits per heavy atom. The van der Waals surface area contributed by atoms with E-state index in [1.54, 1.807) is 12.1 Å². The van der Waals surface area contributed by atoms with Gasteiger partial charge >= 0.3 is 0 Å². The van der Waals surface area contributed by atoms with Crippen molar-refractivity contribution in [2.45, 2.75) is 12.8 Å². The van der Waals surface area contributed by atoms with E-state index in [4.69, 9.17) is 5.73 Å². The van der Waals surface area contributed by atoms with Crippen molar-refractivity contribution in [3.05, 3.63) is 34.4 Å². The number of nitrogens with zero attached hydrogens (tertiary/aromatic N) is 2. The van der Waals surface area contributed by atoms with E-state index in [1.807, 2.05) is 12.1 Å². The van der Waals surface area contributed by atoms with Crippen molar-refractivity contribution < 1.29 is 4.92 Å². The molecule has 1 unspecified atom stereocenters. The van der Waals surface area contributed by atoms with Crippen LogP contribution in [0, 0.1) is 16.0 Å². The topological polar surface area (TPSA) is 72.4 Å². The summed E-state index contributed by atoms with van der Waals surface area (Å²) in [6.07, 6.45) is 2.17. The van der Waals surface area contributed by atoms with Crippen molar-refractivity contribution in [3.63, 3.8) is 0 Å². The molecule has 1 fully saturated rings. The highest BCUT2D eigenvalue weighted by Gasteiger charge is 2.24. The van der Waals surface area contributed by atoms with E-state index in [9.17, 15) is 10.1 Å². The van der Waals surface area contributed by atoms with Gasteiger partial charge in [-0.25, -0.2) is 0 Å². The first-order chi connectivity index (χ1) is 8.22. The van der Waals surface area contributed by atoms with E-state index in [-0.39, 0.29) is 10.6 Å². The van der Waals surface area contributed by atoms with Crippen LogP contribution >= 0.6 is 0 Å². The third kappa shape index (κ3) is 2.55. The molecular formula is C12H17N3O2. The molecule has 0 aliphatic carbocycles. The van der Waals surface area contributed by atoms with E-state index < -0.39 is 0 Å². The minimum atomic E-state index is -0.318. The van der Waals surface area contributed by atoms with Gasteiger partial charge in [0.1, 0.15) is 5.69 Å². The monoisotopic (exact) mass is 235 g/mol. The number of hydrogen-bond acceptors (Lipinski definition) is 4. The van der Waals surface area contributed by atoms with Crippen LogP contribution in [0.3, 0.4) is 0 Å². The third-order valence-electron chi connectivity index (χ3n) is 3.27. The summed E-state index contributed by atoms with van der Waals surface area (Å²) in [6, 6.07) is 6.92. The lowest BCUT2D eigenvalue weighted by Gasteiger charge is -2.33. The first-order valence-electron chi connectivity index (χ1n) is 5.91. The van der Waals surface area contributed by atoms with Gasteiger partial charge in [-0.2, -0.15) is 0 Å². The fourth-order valence-corrected chi connectivity index (χ4v) is 2.36. The quantitative estimate of drug-likeness (QED) is 0.640. The normalized spacial score (nSPS) is 20.3. The van der Waals surface area contributed by atoms with Crippen LogP contribution in [0.15, 0.2) is 24.3 Å². The molecule has 0 aromatic heterocycles. The summed E-state index contributed by atoms with van der Waals surface area (Å²) in [6.45, 7) is 2.35. The average Bonchev–Trinajstić information content (AvgIpc) is 2.39. The second-order valence-corrected chi connectivity index (χ2v) is 4.44. The molecule has 5 heteroatoms. The first kappa shape index (κ1) is 11.9. The van der Waals surface area contributed by atoms with Crippen molar-refractivity contribution in [1.29, 1.82) is 0 Å². The van der Waals surface area contributed by atoms with Crippen molar-refractivity contribution in [2.24, 2.45) is 11.7 Å². The summed E-state index contributed by atoms with van der Waals surface area (Å²) < 4.78 is 0. The molecule has 0 amide bonds. The van der Waals surface area contributed by atoms with Gasteiger partial charge in [-0.1, -0.05) is 12.1 Å². The van der Waals surface area contributed by atoms with Gasteiger partial charge in [-0.15, -0.1) is 0 Å². The highest BCUT2D eigenvalue weighted by Crippen LogP contribution is 2.30. The summed E-state index contributed by atoms with van der Waals surface area (Å²) in [5.41, 5.74) is 6.58. The fraction of sp³-hybridized carbons (Fsp3) is 0.500. The third-order valence-corrected chi connectivity index (χ3v) is 3.27. The second kappa shape index (κ2) is 5.14. The number of benzene rings is 1. The molecule has 1 aliphatic heterocycles. The minimum absolute atomic E-state index is 0.185. The molecule has 1 heterocycles. The molecule has 5 nitrogen and oxygen atoms in total. The number of nitro benzene ring substituents is 1. The highest BCUT2D eigenvalue weighted by molar-refractivity contribution is 5.63. The fourth-order valence-electron chi connectivity index (χ4n) is 2.36. The van der Waals surface area contributed by atoms with Gasteiger partial charge in [-0.05, 0) is 31.4 Å². The maximum atomic E-state index is 11.0. The molecule has 92 valence electrons. The van der Waals surface area contributed by atoms with Crippen molar-refractivity contribution in [3.8, 4) is 0 Å². The number of para-hydroxylation sites is 2. The van der Waals surface area contributed by atoms with Crippen LogP contribution in [-0.2, 0) is 0 Å². The van der Waals surface area contributed by atoms with E-state index in [1.165, 1.54) is 0 Å². The molecule has 2 N–H and O–H groups in total. The lowest BCUT2D eigenvalue weighted by molar-refractivity contribution is -0.384. The van der Waals surface area contributed by atoms with Crippen molar-refractivity contribution in [2.75, 3.05) is 24.5 Å². The van der Waals surface area contributed by atoms with Crippen molar-refractivity contribution in [1.82, 2.24) is 0 Å². The maximum Gasteiger partial charge on any atom is 0.292 e. The Morgan fingerprint density at radius 2 is 2.24 bits per heavy atom. The van der Waals surface area contributed by atoms with E-state index in [0.717, 1.165) is 31.6 Å². The van der Waals surface area contributed by atoms with Gasteiger partial charge < -0.3 is 10.6 Å². The Morgan fingerprint density at radius 3 is 2.94 bits per heavy atom. The van der Waals surface area contributed by atoms with Gasteiger partial charge in [0.2, 0.25) is 0 Å². The summed E-state index contributed by atoms with van der Waals surface area (Å²) in [7, 11) is 0. The molecule has 1 aromatic carbocycles. The molecular weight excluding hydrogens is 218 g/mol. The predicted octanol–water partition coefficient (Wildman–Crippen LogP) is 1.77. The van der Waals surface area contributed by atoms with E-state index in [0.29, 0.717) is 12.5 Å². The zero-order valence-corrected chi connectivity index (χ0v) is 9.71. The van der Waals surface area contributed by atoms with Crippen LogP contribution in [-0.4, -0.2) is 24.6 Å². The zero-order valence-electron chi connectivity index (χ0n) is 9.71. The van der Waals surface area contributed by atoms with Crippen LogP contribution in [0.4, 0.5) is 11.4 Å². The standard InChI is InChI=1S/C12H17N3O2/c13-8-10-4-3-7-14(9-10)11-5-1-2-6-12(11)15(16)17/h1-2,5-6,10H,3-4,7-9,13H2. The largest absolute Gasteiger partial charge is 0.366 e. The lowest BCUT2D eigenvalue weighted by atomic mass is 9.97. The Kier molecular flexibility index (Phi) is 3.58. The van der Waals surface area contributed by atoms with E-state index in [2.05, 4.69) is 4.90 Å². The molecule has 0 bridgehead atoms. The molecule has 17 heavy (non-hydrogen) atoms. The molecule has 1 aliphatic rings. The second-order valence-electron chi connectivity index (χ2n) is 4.44. The molecule has 2 rings (SSSR count). The number of anilines is 1. The van der Waals surface area contributed by atoms with E-state index >= 15 is 0 Å². The molecule has 0 radical (unpaired) electrons. The minimum Gasteiger partial charge on any atom is -0.366 e. The Bertz CT molecular complexity index is 408. The van der Waals surface area contributed by atoms with Gasteiger partial charge in [0.25, 0.3) is 5.69 Å². The molecule has 1 aromatic rings. The first-order valence-corrected chi connectivity index (χ1v) is 5.91. The molecule has 1 atom stereocenters. The Balaban J connectivity index is 2.24. The van der Waals surface area contributed by atoms with Gasteiger partial charge in [0.05, 0.1) is 4.92 Å². The van der Waals surface area contributed by atoms with Crippen molar-refractivity contribution >= 4 is 11.4 Å². The summed E-state index contributed by atoms with van der Waals surface area (Å²) >= 11 is 0. The number of nitrogens with two attached hydrogens (primary N) is 1. The zero-order chi connectivity index (χ0) is 12.3. The highest BCUT2D eigenvalue weighted by atomic mass is 16.6.